The summed E-state index contributed by atoms with van der Waals surface area (Å²) in [6.07, 6.45) is 1.01. The third kappa shape index (κ3) is 1.95. The molecule has 0 radical (unpaired) electrons. The number of rotatable bonds is 2. The number of halogens is 1. The van der Waals surface area contributed by atoms with Crippen molar-refractivity contribution in [3.63, 3.8) is 0 Å². The van der Waals surface area contributed by atoms with Gasteiger partial charge in [0, 0.05) is 10.0 Å². The molecule has 0 saturated carbocycles. The maximum absolute atomic E-state index is 4.66. The summed E-state index contributed by atoms with van der Waals surface area (Å²) in [4.78, 5) is 8.04. The fraction of sp³-hybridized carbons (Fsp3) is 0.133. The minimum absolute atomic E-state index is 0.945. The van der Waals surface area contributed by atoms with Crippen LogP contribution in [-0.2, 0) is 6.42 Å². The van der Waals surface area contributed by atoms with Crippen LogP contribution in [0.15, 0.2) is 46.9 Å². The SMILES string of the molecule is CCc1ccccc1-c1nc2ccc(Br)cc2[nH]1. The van der Waals surface area contributed by atoms with E-state index in [1.54, 1.807) is 0 Å². The van der Waals surface area contributed by atoms with Crippen molar-refractivity contribution in [2.24, 2.45) is 0 Å². The second-order valence-corrected chi connectivity index (χ2v) is 5.17. The molecule has 0 unspecified atom stereocenters. The first kappa shape index (κ1) is 11.5. The summed E-state index contributed by atoms with van der Waals surface area (Å²) in [5.74, 6) is 0.945. The van der Waals surface area contributed by atoms with Crippen molar-refractivity contribution in [2.45, 2.75) is 13.3 Å². The van der Waals surface area contributed by atoms with Crippen LogP contribution in [0, 0.1) is 0 Å². The van der Waals surface area contributed by atoms with Gasteiger partial charge in [0.2, 0.25) is 0 Å². The van der Waals surface area contributed by atoms with E-state index >= 15 is 0 Å². The average Bonchev–Trinajstić information content (AvgIpc) is 2.81. The maximum atomic E-state index is 4.66. The molecule has 0 bridgehead atoms. The van der Waals surface area contributed by atoms with Gasteiger partial charge in [-0.2, -0.15) is 0 Å². The van der Waals surface area contributed by atoms with Gasteiger partial charge in [0.1, 0.15) is 5.82 Å². The molecule has 0 aliphatic rings. The van der Waals surface area contributed by atoms with Crippen LogP contribution in [0.3, 0.4) is 0 Å². The molecule has 3 heteroatoms. The van der Waals surface area contributed by atoms with Crippen molar-refractivity contribution in [1.82, 2.24) is 9.97 Å². The molecule has 0 aliphatic heterocycles. The summed E-state index contributed by atoms with van der Waals surface area (Å²) < 4.78 is 1.06. The molecule has 0 spiro atoms. The standard InChI is InChI=1S/C15H13BrN2/c1-2-10-5-3-4-6-12(10)15-17-13-8-7-11(16)9-14(13)18-15/h3-9H,2H2,1H3,(H,17,18). The van der Waals surface area contributed by atoms with E-state index in [0.717, 1.165) is 27.8 Å². The highest BCUT2D eigenvalue weighted by molar-refractivity contribution is 9.10. The van der Waals surface area contributed by atoms with E-state index in [1.165, 1.54) is 11.1 Å². The summed E-state index contributed by atoms with van der Waals surface area (Å²) in [7, 11) is 0. The molecule has 0 atom stereocenters. The Bertz CT molecular complexity index is 701. The molecule has 1 aromatic heterocycles. The van der Waals surface area contributed by atoms with Gasteiger partial charge in [-0.05, 0) is 30.2 Å². The summed E-state index contributed by atoms with van der Waals surface area (Å²) in [5.41, 5.74) is 4.56. The normalized spacial score (nSPS) is 11.0. The lowest BCUT2D eigenvalue weighted by Crippen LogP contribution is -1.88. The van der Waals surface area contributed by atoms with Gasteiger partial charge < -0.3 is 4.98 Å². The van der Waals surface area contributed by atoms with Gasteiger partial charge in [0.25, 0.3) is 0 Å². The smallest absolute Gasteiger partial charge is 0.138 e. The van der Waals surface area contributed by atoms with Gasteiger partial charge >= 0.3 is 0 Å². The Balaban J connectivity index is 2.19. The van der Waals surface area contributed by atoms with Gasteiger partial charge in [0.15, 0.2) is 0 Å². The van der Waals surface area contributed by atoms with E-state index in [-0.39, 0.29) is 0 Å². The number of hydrogen-bond donors (Lipinski definition) is 1. The van der Waals surface area contributed by atoms with Crippen LogP contribution in [0.4, 0.5) is 0 Å². The average molecular weight is 301 g/mol. The number of H-pyrrole nitrogens is 1. The zero-order valence-corrected chi connectivity index (χ0v) is 11.7. The molecule has 0 aliphatic carbocycles. The van der Waals surface area contributed by atoms with Crippen LogP contribution in [0.5, 0.6) is 0 Å². The van der Waals surface area contributed by atoms with Crippen molar-refractivity contribution in [1.29, 1.82) is 0 Å². The zero-order valence-electron chi connectivity index (χ0n) is 10.1. The van der Waals surface area contributed by atoms with Crippen LogP contribution in [-0.4, -0.2) is 9.97 Å². The largest absolute Gasteiger partial charge is 0.338 e. The van der Waals surface area contributed by atoms with Crippen LogP contribution in [0.2, 0.25) is 0 Å². The second kappa shape index (κ2) is 4.58. The summed E-state index contributed by atoms with van der Waals surface area (Å²) in [5, 5.41) is 0. The zero-order chi connectivity index (χ0) is 12.5. The number of aromatic amines is 1. The first-order valence-electron chi connectivity index (χ1n) is 6.01. The number of imidazole rings is 1. The molecule has 2 aromatic carbocycles. The summed E-state index contributed by atoms with van der Waals surface area (Å²) in [6.45, 7) is 2.16. The number of aromatic nitrogens is 2. The lowest BCUT2D eigenvalue weighted by molar-refractivity contribution is 1.13. The van der Waals surface area contributed by atoms with Crippen molar-refractivity contribution in [3.8, 4) is 11.4 Å². The van der Waals surface area contributed by atoms with E-state index in [1.807, 2.05) is 12.1 Å². The van der Waals surface area contributed by atoms with E-state index < -0.39 is 0 Å². The fourth-order valence-corrected chi connectivity index (χ4v) is 2.53. The Morgan fingerprint density at radius 3 is 2.83 bits per heavy atom. The van der Waals surface area contributed by atoms with Gasteiger partial charge in [0.05, 0.1) is 11.0 Å². The highest BCUT2D eigenvalue weighted by Crippen LogP contribution is 2.25. The summed E-state index contributed by atoms with van der Waals surface area (Å²) in [6, 6.07) is 14.5. The first-order valence-corrected chi connectivity index (χ1v) is 6.81. The number of nitrogens with zero attached hydrogens (tertiary/aromatic N) is 1. The minimum Gasteiger partial charge on any atom is -0.338 e. The molecule has 0 fully saturated rings. The van der Waals surface area contributed by atoms with Crippen LogP contribution >= 0.6 is 15.9 Å². The number of aryl methyl sites for hydroxylation is 1. The Kier molecular flexibility index (Phi) is 2.92. The molecule has 3 rings (SSSR count). The third-order valence-corrected chi connectivity index (χ3v) is 3.59. The monoisotopic (exact) mass is 300 g/mol. The molecular formula is C15H13BrN2. The molecule has 18 heavy (non-hydrogen) atoms. The van der Waals surface area contributed by atoms with Gasteiger partial charge in [-0.25, -0.2) is 4.98 Å². The van der Waals surface area contributed by atoms with Gasteiger partial charge in [-0.15, -0.1) is 0 Å². The Hall–Kier alpha value is -1.61. The lowest BCUT2D eigenvalue weighted by Gasteiger charge is -2.03. The quantitative estimate of drug-likeness (QED) is 0.739. The third-order valence-electron chi connectivity index (χ3n) is 3.10. The van der Waals surface area contributed by atoms with Crippen molar-refractivity contribution < 1.29 is 0 Å². The van der Waals surface area contributed by atoms with Crippen molar-refractivity contribution in [3.05, 3.63) is 52.5 Å². The maximum Gasteiger partial charge on any atom is 0.138 e. The Morgan fingerprint density at radius 2 is 2.00 bits per heavy atom. The number of fused-ring (bicyclic) bond motifs is 1. The van der Waals surface area contributed by atoms with Crippen LogP contribution < -0.4 is 0 Å². The summed E-state index contributed by atoms with van der Waals surface area (Å²) >= 11 is 3.48. The number of nitrogens with one attached hydrogen (secondary N) is 1. The fourth-order valence-electron chi connectivity index (χ4n) is 2.17. The van der Waals surface area contributed by atoms with Crippen LogP contribution in [0.1, 0.15) is 12.5 Å². The van der Waals surface area contributed by atoms with Crippen LogP contribution in [0.25, 0.3) is 22.4 Å². The van der Waals surface area contributed by atoms with E-state index in [4.69, 9.17) is 0 Å². The molecule has 1 heterocycles. The molecule has 0 amide bonds. The van der Waals surface area contributed by atoms with E-state index in [9.17, 15) is 0 Å². The molecule has 2 nitrogen and oxygen atoms in total. The van der Waals surface area contributed by atoms with Crippen molar-refractivity contribution >= 4 is 27.0 Å². The number of hydrogen-bond acceptors (Lipinski definition) is 1. The van der Waals surface area contributed by atoms with E-state index in [0.29, 0.717) is 0 Å². The Labute approximate surface area is 114 Å². The minimum atomic E-state index is 0.945. The van der Waals surface area contributed by atoms with Gasteiger partial charge in [-0.1, -0.05) is 47.1 Å². The van der Waals surface area contributed by atoms with Gasteiger partial charge in [-0.3, -0.25) is 0 Å². The van der Waals surface area contributed by atoms with Crippen molar-refractivity contribution in [2.75, 3.05) is 0 Å². The molecule has 3 aromatic rings. The molecular weight excluding hydrogens is 288 g/mol. The number of benzene rings is 2. The first-order chi connectivity index (χ1) is 8.78. The molecule has 1 N–H and O–H groups in total. The lowest BCUT2D eigenvalue weighted by atomic mass is 10.1. The highest BCUT2D eigenvalue weighted by atomic mass is 79.9. The second-order valence-electron chi connectivity index (χ2n) is 4.26. The van der Waals surface area contributed by atoms with E-state index in [2.05, 4.69) is 63.2 Å². The molecule has 90 valence electrons. The molecule has 0 saturated heterocycles. The predicted molar refractivity (Wildman–Crippen MR) is 78.6 cm³/mol. The Morgan fingerprint density at radius 1 is 1.17 bits per heavy atom. The predicted octanol–water partition coefficient (Wildman–Crippen LogP) is 4.55. The topological polar surface area (TPSA) is 28.7 Å². The highest BCUT2D eigenvalue weighted by Gasteiger charge is 2.08.